The zero-order valence-electron chi connectivity index (χ0n) is 15.4. The average molecular weight is 366 g/mol. The van der Waals surface area contributed by atoms with Crippen molar-refractivity contribution in [3.05, 3.63) is 54.6 Å². The van der Waals surface area contributed by atoms with E-state index in [2.05, 4.69) is 10.3 Å². The highest BCUT2D eigenvalue weighted by Gasteiger charge is 2.15. The summed E-state index contributed by atoms with van der Waals surface area (Å²) in [6.45, 7) is 2.11. The molecule has 1 fully saturated rings. The summed E-state index contributed by atoms with van der Waals surface area (Å²) < 4.78 is 5.81. The molecule has 142 valence electrons. The Bertz CT molecular complexity index is 771. The summed E-state index contributed by atoms with van der Waals surface area (Å²) in [5.74, 6) is 1.93. The molecule has 0 aliphatic carbocycles. The van der Waals surface area contributed by atoms with Gasteiger partial charge in [-0.1, -0.05) is 24.3 Å². The van der Waals surface area contributed by atoms with E-state index in [-0.39, 0.29) is 5.91 Å². The highest BCUT2D eigenvalue weighted by Crippen LogP contribution is 2.23. The lowest BCUT2D eigenvalue weighted by molar-refractivity contribution is -0.131. The van der Waals surface area contributed by atoms with Gasteiger partial charge in [0, 0.05) is 31.3 Å². The molecule has 6 nitrogen and oxygen atoms in total. The van der Waals surface area contributed by atoms with Gasteiger partial charge in [0.1, 0.15) is 11.5 Å². The van der Waals surface area contributed by atoms with Gasteiger partial charge in [-0.25, -0.2) is 0 Å². The predicted molar refractivity (Wildman–Crippen MR) is 108 cm³/mol. The van der Waals surface area contributed by atoms with E-state index in [1.165, 1.54) is 6.42 Å². The van der Waals surface area contributed by atoms with Gasteiger partial charge < -0.3 is 20.7 Å². The number of nitrogens with two attached hydrogens (primary N) is 1. The summed E-state index contributed by atoms with van der Waals surface area (Å²) in [5, 5.41) is 3.04. The molecular formula is C21H26N4O2. The molecule has 2 aromatic carbocycles. The van der Waals surface area contributed by atoms with E-state index >= 15 is 0 Å². The fourth-order valence-electron chi connectivity index (χ4n) is 3.02. The molecule has 0 spiro atoms. The van der Waals surface area contributed by atoms with Gasteiger partial charge in [0.05, 0.1) is 6.54 Å². The van der Waals surface area contributed by atoms with Crippen LogP contribution in [0.25, 0.3) is 0 Å². The van der Waals surface area contributed by atoms with Crippen molar-refractivity contribution >= 4 is 17.6 Å². The normalized spacial score (nSPS) is 14.7. The van der Waals surface area contributed by atoms with Gasteiger partial charge in [-0.3, -0.25) is 9.79 Å². The molecule has 3 N–H and O–H groups in total. The molecule has 0 unspecified atom stereocenters. The first-order chi connectivity index (χ1) is 13.2. The van der Waals surface area contributed by atoms with Crippen molar-refractivity contribution in [3.63, 3.8) is 0 Å². The molecule has 1 aliphatic heterocycles. The van der Waals surface area contributed by atoms with Gasteiger partial charge in [-0.05, 0) is 43.5 Å². The fourth-order valence-corrected chi connectivity index (χ4v) is 3.02. The number of nitrogens with zero attached hydrogens (tertiary/aromatic N) is 2. The highest BCUT2D eigenvalue weighted by molar-refractivity contribution is 5.92. The Kier molecular flexibility index (Phi) is 6.68. The topological polar surface area (TPSA) is 80.0 Å². The quantitative estimate of drug-likeness (QED) is 0.605. The number of nitrogens with one attached hydrogen (secondary N) is 1. The fraction of sp³-hybridized carbons (Fsp3) is 0.333. The second-order valence-corrected chi connectivity index (χ2v) is 6.53. The van der Waals surface area contributed by atoms with Crippen molar-refractivity contribution in [3.8, 4) is 11.5 Å². The third kappa shape index (κ3) is 6.02. The molecule has 1 saturated heterocycles. The molecule has 3 rings (SSSR count). The molecule has 1 amide bonds. The number of carbonyl (C=O) groups is 1. The van der Waals surface area contributed by atoms with Crippen molar-refractivity contribution < 1.29 is 9.53 Å². The first kappa shape index (κ1) is 18.8. The van der Waals surface area contributed by atoms with E-state index in [1.54, 1.807) is 0 Å². The van der Waals surface area contributed by atoms with Gasteiger partial charge in [0.15, 0.2) is 5.96 Å². The minimum Gasteiger partial charge on any atom is -0.457 e. The molecule has 1 aliphatic rings. The summed E-state index contributed by atoms with van der Waals surface area (Å²) in [6, 6.07) is 17.1. The molecule has 6 heteroatoms. The van der Waals surface area contributed by atoms with Crippen LogP contribution in [-0.2, 0) is 4.79 Å². The van der Waals surface area contributed by atoms with Gasteiger partial charge >= 0.3 is 0 Å². The van der Waals surface area contributed by atoms with E-state index in [1.807, 2.05) is 59.5 Å². The minimum atomic E-state index is 0.157. The second-order valence-electron chi connectivity index (χ2n) is 6.53. The van der Waals surface area contributed by atoms with Crippen LogP contribution in [0.2, 0.25) is 0 Å². The Hall–Kier alpha value is -3.02. The SMILES string of the molecule is NC(=NCCC(=O)N1CCCCC1)Nc1cccc(Oc2ccccc2)c1. The molecular weight excluding hydrogens is 340 g/mol. The van der Waals surface area contributed by atoms with Crippen molar-refractivity contribution in [2.75, 3.05) is 25.0 Å². The zero-order valence-corrected chi connectivity index (χ0v) is 15.4. The summed E-state index contributed by atoms with van der Waals surface area (Å²) in [4.78, 5) is 18.3. The number of anilines is 1. The number of piperidine rings is 1. The number of hydrogen-bond acceptors (Lipinski definition) is 3. The van der Waals surface area contributed by atoms with Crippen LogP contribution in [0.5, 0.6) is 11.5 Å². The Morgan fingerprint density at radius 1 is 1.04 bits per heavy atom. The lowest BCUT2D eigenvalue weighted by Crippen LogP contribution is -2.36. The monoisotopic (exact) mass is 366 g/mol. The predicted octanol–water partition coefficient (Wildman–Crippen LogP) is 3.61. The van der Waals surface area contributed by atoms with Gasteiger partial charge in [-0.2, -0.15) is 0 Å². The highest BCUT2D eigenvalue weighted by atomic mass is 16.5. The smallest absolute Gasteiger partial charge is 0.224 e. The van der Waals surface area contributed by atoms with Crippen LogP contribution in [0, 0.1) is 0 Å². The number of benzene rings is 2. The van der Waals surface area contributed by atoms with E-state index in [4.69, 9.17) is 10.5 Å². The first-order valence-electron chi connectivity index (χ1n) is 9.38. The summed E-state index contributed by atoms with van der Waals surface area (Å²) >= 11 is 0. The number of amides is 1. The molecule has 0 bridgehead atoms. The third-order valence-corrected chi connectivity index (χ3v) is 4.40. The van der Waals surface area contributed by atoms with E-state index < -0.39 is 0 Å². The van der Waals surface area contributed by atoms with Gasteiger partial charge in [-0.15, -0.1) is 0 Å². The van der Waals surface area contributed by atoms with Crippen LogP contribution in [0.1, 0.15) is 25.7 Å². The molecule has 27 heavy (non-hydrogen) atoms. The van der Waals surface area contributed by atoms with Crippen molar-refractivity contribution in [2.24, 2.45) is 10.7 Å². The van der Waals surface area contributed by atoms with Crippen LogP contribution >= 0.6 is 0 Å². The van der Waals surface area contributed by atoms with E-state index in [9.17, 15) is 4.79 Å². The molecule has 0 radical (unpaired) electrons. The number of guanidine groups is 1. The van der Waals surface area contributed by atoms with Crippen molar-refractivity contribution in [1.82, 2.24) is 4.90 Å². The number of aliphatic imine (C=N–C) groups is 1. The van der Waals surface area contributed by atoms with Gasteiger partial charge in [0.25, 0.3) is 0 Å². The molecule has 1 heterocycles. The van der Waals surface area contributed by atoms with Crippen LogP contribution in [0.4, 0.5) is 5.69 Å². The zero-order chi connectivity index (χ0) is 18.9. The number of para-hydroxylation sites is 1. The van der Waals surface area contributed by atoms with Crippen molar-refractivity contribution in [2.45, 2.75) is 25.7 Å². The first-order valence-corrected chi connectivity index (χ1v) is 9.38. The lowest BCUT2D eigenvalue weighted by atomic mass is 10.1. The number of likely N-dealkylation sites (tertiary alicyclic amines) is 1. The maximum Gasteiger partial charge on any atom is 0.224 e. The van der Waals surface area contributed by atoms with Crippen molar-refractivity contribution in [1.29, 1.82) is 0 Å². The number of carbonyl (C=O) groups excluding carboxylic acids is 1. The molecule has 0 atom stereocenters. The Balaban J connectivity index is 1.49. The van der Waals surface area contributed by atoms with Crippen LogP contribution in [-0.4, -0.2) is 36.4 Å². The maximum atomic E-state index is 12.1. The number of hydrogen-bond donors (Lipinski definition) is 2. The number of ether oxygens (including phenoxy) is 1. The Morgan fingerprint density at radius 3 is 2.56 bits per heavy atom. The largest absolute Gasteiger partial charge is 0.457 e. The minimum absolute atomic E-state index is 0.157. The third-order valence-electron chi connectivity index (χ3n) is 4.40. The summed E-state index contributed by atoms with van der Waals surface area (Å²) in [7, 11) is 0. The Labute approximate surface area is 160 Å². The standard InChI is InChI=1S/C21H26N4O2/c22-21(23-13-12-20(26)25-14-5-2-6-15-25)24-17-8-7-11-19(16-17)27-18-9-3-1-4-10-18/h1,3-4,7-11,16H,2,5-6,12-15H2,(H3,22,23,24). The van der Waals surface area contributed by atoms with Gasteiger partial charge in [0.2, 0.25) is 5.91 Å². The van der Waals surface area contributed by atoms with Crippen LogP contribution in [0.15, 0.2) is 59.6 Å². The average Bonchev–Trinajstić information content (AvgIpc) is 2.69. The number of rotatable bonds is 6. The molecule has 0 saturated carbocycles. The molecule has 0 aromatic heterocycles. The van der Waals surface area contributed by atoms with E-state index in [0.29, 0.717) is 24.7 Å². The summed E-state index contributed by atoms with van der Waals surface area (Å²) in [5.41, 5.74) is 6.73. The summed E-state index contributed by atoms with van der Waals surface area (Å²) in [6.07, 6.45) is 3.80. The second kappa shape index (κ2) is 9.62. The van der Waals surface area contributed by atoms with E-state index in [0.717, 1.165) is 37.4 Å². The maximum absolute atomic E-state index is 12.1. The Morgan fingerprint density at radius 2 is 1.78 bits per heavy atom. The molecule has 2 aromatic rings. The lowest BCUT2D eigenvalue weighted by Gasteiger charge is -2.26. The van der Waals surface area contributed by atoms with Crippen LogP contribution < -0.4 is 15.8 Å². The van der Waals surface area contributed by atoms with Crippen LogP contribution in [0.3, 0.4) is 0 Å².